The van der Waals surface area contributed by atoms with E-state index in [1.807, 2.05) is 49.3 Å². The fourth-order valence-corrected chi connectivity index (χ4v) is 2.14. The van der Waals surface area contributed by atoms with Crippen molar-refractivity contribution in [1.29, 1.82) is 0 Å². The summed E-state index contributed by atoms with van der Waals surface area (Å²) in [7, 11) is 3.77. The zero-order valence-electron chi connectivity index (χ0n) is 11.1. The lowest BCUT2D eigenvalue weighted by Gasteiger charge is -2.23. The molecule has 0 fully saturated rings. The maximum absolute atomic E-state index is 13.7. The average molecular weight is 259 g/mol. The number of hydrogen-bond acceptors (Lipinski definition) is 3. The van der Waals surface area contributed by atoms with Gasteiger partial charge in [-0.25, -0.2) is 4.39 Å². The van der Waals surface area contributed by atoms with Crippen LogP contribution in [0.4, 0.5) is 15.8 Å². The molecular formula is C15H18FN3. The van der Waals surface area contributed by atoms with Crippen LogP contribution in [-0.4, -0.2) is 14.1 Å². The van der Waals surface area contributed by atoms with Crippen LogP contribution < -0.4 is 16.4 Å². The number of nitrogens with two attached hydrogens (primary N) is 2. The van der Waals surface area contributed by atoms with Crippen molar-refractivity contribution in [2.75, 3.05) is 24.7 Å². The molecule has 2 rings (SSSR count). The summed E-state index contributed by atoms with van der Waals surface area (Å²) < 4.78 is 13.7. The first-order valence-corrected chi connectivity index (χ1v) is 6.08. The zero-order valence-corrected chi connectivity index (χ0v) is 11.1. The molecule has 0 saturated heterocycles. The molecule has 100 valence electrons. The highest BCUT2D eigenvalue weighted by atomic mass is 19.1. The first-order chi connectivity index (χ1) is 9.02. The summed E-state index contributed by atoms with van der Waals surface area (Å²) in [4.78, 5) is 1.88. The van der Waals surface area contributed by atoms with E-state index in [0.717, 1.165) is 11.3 Å². The van der Waals surface area contributed by atoms with Gasteiger partial charge in [-0.3, -0.25) is 0 Å². The normalized spacial score (nSPS) is 12.2. The molecule has 1 unspecified atom stereocenters. The number of nitrogens with zero attached hydrogens (tertiary/aromatic N) is 1. The molecule has 4 N–H and O–H groups in total. The second-order valence-electron chi connectivity index (χ2n) is 4.68. The van der Waals surface area contributed by atoms with E-state index in [-0.39, 0.29) is 5.69 Å². The average Bonchev–Trinajstić information content (AvgIpc) is 2.41. The van der Waals surface area contributed by atoms with Crippen molar-refractivity contribution in [3.63, 3.8) is 0 Å². The Morgan fingerprint density at radius 2 is 1.68 bits per heavy atom. The fourth-order valence-electron chi connectivity index (χ4n) is 2.14. The molecule has 0 radical (unpaired) electrons. The largest absolute Gasteiger partial charge is 0.396 e. The third-order valence-corrected chi connectivity index (χ3v) is 3.16. The van der Waals surface area contributed by atoms with Crippen molar-refractivity contribution in [2.45, 2.75) is 6.04 Å². The molecule has 0 aliphatic rings. The minimum Gasteiger partial charge on any atom is -0.396 e. The molecule has 3 nitrogen and oxygen atoms in total. The summed E-state index contributed by atoms with van der Waals surface area (Å²) in [6.45, 7) is 0. The maximum atomic E-state index is 13.7. The van der Waals surface area contributed by atoms with Gasteiger partial charge in [0.05, 0.1) is 11.7 Å². The summed E-state index contributed by atoms with van der Waals surface area (Å²) in [6.07, 6.45) is 0. The summed E-state index contributed by atoms with van der Waals surface area (Å²) in [5.41, 5.74) is 14.6. The number of hydrogen-bond donors (Lipinski definition) is 2. The van der Waals surface area contributed by atoms with Crippen molar-refractivity contribution in [3.8, 4) is 0 Å². The first-order valence-electron chi connectivity index (χ1n) is 6.08. The molecule has 1 atom stereocenters. The summed E-state index contributed by atoms with van der Waals surface area (Å²) in [5.74, 6) is -0.438. The maximum Gasteiger partial charge on any atom is 0.146 e. The molecule has 0 aromatic heterocycles. The van der Waals surface area contributed by atoms with E-state index in [1.165, 1.54) is 6.07 Å². The van der Waals surface area contributed by atoms with Gasteiger partial charge in [0, 0.05) is 25.3 Å². The van der Waals surface area contributed by atoms with Crippen LogP contribution in [0.3, 0.4) is 0 Å². The molecule has 2 aromatic rings. The van der Waals surface area contributed by atoms with Gasteiger partial charge < -0.3 is 16.4 Å². The minimum atomic E-state index is -0.450. The molecule has 0 bridgehead atoms. The molecule has 0 saturated carbocycles. The van der Waals surface area contributed by atoms with Gasteiger partial charge in [-0.1, -0.05) is 30.3 Å². The second kappa shape index (κ2) is 5.28. The van der Waals surface area contributed by atoms with Crippen molar-refractivity contribution < 1.29 is 4.39 Å². The minimum absolute atomic E-state index is 0.113. The predicted molar refractivity (Wildman–Crippen MR) is 77.6 cm³/mol. The van der Waals surface area contributed by atoms with Crippen LogP contribution in [0, 0.1) is 5.82 Å². The van der Waals surface area contributed by atoms with Gasteiger partial charge in [0.2, 0.25) is 0 Å². The summed E-state index contributed by atoms with van der Waals surface area (Å²) in [6, 6.07) is 12.2. The number of nitrogen functional groups attached to an aromatic ring is 1. The lowest BCUT2D eigenvalue weighted by Crippen LogP contribution is -2.20. The molecule has 0 amide bonds. The van der Waals surface area contributed by atoms with E-state index in [4.69, 9.17) is 11.5 Å². The highest BCUT2D eigenvalue weighted by Crippen LogP contribution is 2.34. The number of halogens is 1. The molecule has 0 spiro atoms. The SMILES string of the molecule is CN(C)c1ccc(F)c(N)c1C(N)c1ccccc1. The Bertz CT molecular complexity index is 567. The van der Waals surface area contributed by atoms with Crippen LogP contribution in [0.25, 0.3) is 0 Å². The third kappa shape index (κ3) is 2.53. The molecule has 2 aromatic carbocycles. The highest BCUT2D eigenvalue weighted by molar-refractivity contribution is 5.67. The van der Waals surface area contributed by atoms with Crippen molar-refractivity contribution in [2.24, 2.45) is 5.73 Å². The van der Waals surface area contributed by atoms with Gasteiger partial charge in [-0.15, -0.1) is 0 Å². The summed E-state index contributed by atoms with van der Waals surface area (Å²) in [5, 5.41) is 0. The lowest BCUT2D eigenvalue weighted by molar-refractivity contribution is 0.629. The third-order valence-electron chi connectivity index (χ3n) is 3.16. The van der Waals surface area contributed by atoms with Crippen molar-refractivity contribution in [1.82, 2.24) is 0 Å². The van der Waals surface area contributed by atoms with E-state index in [0.29, 0.717) is 5.56 Å². The molecular weight excluding hydrogens is 241 g/mol. The smallest absolute Gasteiger partial charge is 0.146 e. The van der Waals surface area contributed by atoms with E-state index < -0.39 is 11.9 Å². The van der Waals surface area contributed by atoms with Crippen molar-refractivity contribution >= 4 is 11.4 Å². The van der Waals surface area contributed by atoms with Crippen LogP contribution in [0.5, 0.6) is 0 Å². The molecule has 0 aliphatic heterocycles. The second-order valence-corrected chi connectivity index (χ2v) is 4.68. The Balaban J connectivity index is 2.57. The van der Waals surface area contributed by atoms with E-state index in [2.05, 4.69) is 0 Å². The van der Waals surface area contributed by atoms with E-state index >= 15 is 0 Å². The Kier molecular flexibility index (Phi) is 3.71. The van der Waals surface area contributed by atoms with Gasteiger partial charge in [0.25, 0.3) is 0 Å². The number of anilines is 2. The molecule has 0 aliphatic carbocycles. The summed E-state index contributed by atoms with van der Waals surface area (Å²) >= 11 is 0. The first kappa shape index (κ1) is 13.4. The van der Waals surface area contributed by atoms with Gasteiger partial charge >= 0.3 is 0 Å². The van der Waals surface area contributed by atoms with Crippen LogP contribution in [0.2, 0.25) is 0 Å². The lowest BCUT2D eigenvalue weighted by atomic mass is 9.96. The van der Waals surface area contributed by atoms with Gasteiger partial charge in [-0.05, 0) is 17.7 Å². The van der Waals surface area contributed by atoms with Crippen LogP contribution in [0.15, 0.2) is 42.5 Å². The van der Waals surface area contributed by atoms with E-state index in [1.54, 1.807) is 6.07 Å². The van der Waals surface area contributed by atoms with Crippen LogP contribution in [-0.2, 0) is 0 Å². The molecule has 4 heteroatoms. The number of benzene rings is 2. The Morgan fingerprint density at radius 1 is 1.05 bits per heavy atom. The topological polar surface area (TPSA) is 55.3 Å². The van der Waals surface area contributed by atoms with Gasteiger partial charge in [0.15, 0.2) is 0 Å². The monoisotopic (exact) mass is 259 g/mol. The zero-order chi connectivity index (χ0) is 14.0. The quantitative estimate of drug-likeness (QED) is 0.833. The number of rotatable bonds is 3. The fraction of sp³-hybridized carbons (Fsp3) is 0.200. The van der Waals surface area contributed by atoms with Crippen molar-refractivity contribution in [3.05, 3.63) is 59.4 Å². The van der Waals surface area contributed by atoms with Gasteiger partial charge in [0.1, 0.15) is 5.82 Å². The van der Waals surface area contributed by atoms with Gasteiger partial charge in [-0.2, -0.15) is 0 Å². The highest BCUT2D eigenvalue weighted by Gasteiger charge is 2.19. The van der Waals surface area contributed by atoms with Crippen LogP contribution >= 0.6 is 0 Å². The molecule has 0 heterocycles. The van der Waals surface area contributed by atoms with E-state index in [9.17, 15) is 4.39 Å². The standard InChI is InChI=1S/C15H18FN3/c1-19(2)12-9-8-11(16)15(18)13(12)14(17)10-6-4-3-5-7-10/h3-9,14H,17-18H2,1-2H3. The Morgan fingerprint density at radius 3 is 2.26 bits per heavy atom. The Hall–Kier alpha value is -2.07. The molecule has 19 heavy (non-hydrogen) atoms. The van der Waals surface area contributed by atoms with Crippen LogP contribution in [0.1, 0.15) is 17.2 Å². The Labute approximate surface area is 112 Å². The predicted octanol–water partition coefficient (Wildman–Crippen LogP) is 2.52.